The van der Waals surface area contributed by atoms with Crippen LogP contribution in [-0.2, 0) is 21.5 Å². The second-order valence-electron chi connectivity index (χ2n) is 4.42. The molecule has 1 aromatic carbocycles. The molecule has 0 atom stereocenters. The van der Waals surface area contributed by atoms with Crippen molar-refractivity contribution < 1.29 is 44.7 Å². The van der Waals surface area contributed by atoms with E-state index in [-0.39, 0.29) is 12.1 Å². The first kappa shape index (κ1) is 18.3. The molecule has 0 saturated heterocycles. The summed E-state index contributed by atoms with van der Waals surface area (Å²) >= 11 is 0. The third kappa shape index (κ3) is 3.70. The lowest BCUT2D eigenvalue weighted by atomic mass is 9.98. The van der Waals surface area contributed by atoms with Gasteiger partial charge in [-0.15, -0.1) is 0 Å². The summed E-state index contributed by atoms with van der Waals surface area (Å²) in [6, 6.07) is -0.250. The summed E-state index contributed by atoms with van der Waals surface area (Å²) in [5.41, 5.74) is -4.65. The fourth-order valence-corrected chi connectivity index (χ4v) is 2.38. The topological polar surface area (TPSA) is 74.3 Å². The molecule has 0 aromatic heterocycles. The molecule has 0 aliphatic rings. The van der Waals surface area contributed by atoms with Crippen LogP contribution in [0.2, 0.25) is 0 Å². The van der Waals surface area contributed by atoms with Crippen molar-refractivity contribution in [3.63, 3.8) is 0 Å². The van der Waals surface area contributed by atoms with E-state index in [1.54, 1.807) is 0 Å². The first-order valence-corrected chi connectivity index (χ1v) is 7.39. The van der Waals surface area contributed by atoms with Crippen LogP contribution in [0.15, 0.2) is 12.1 Å². The zero-order valence-electron chi connectivity index (χ0n) is 10.7. The zero-order chi connectivity index (χ0) is 17.5. The molecule has 0 aliphatic carbocycles. The molecule has 0 N–H and O–H groups in total. The van der Waals surface area contributed by atoms with E-state index < -0.39 is 56.2 Å². The van der Waals surface area contributed by atoms with E-state index >= 15 is 0 Å². The number of carbonyl (C=O) groups is 1. The van der Waals surface area contributed by atoms with Gasteiger partial charge in [0.05, 0.1) is 11.7 Å². The molecular formula is C11H7F6O4S-. The third-order valence-corrected chi connectivity index (χ3v) is 3.35. The number of hydrogen-bond donors (Lipinski definition) is 0. The number of halogens is 6. The fraction of sp³-hybridized carbons (Fsp3) is 0.364. The van der Waals surface area contributed by atoms with Gasteiger partial charge in [-0.1, -0.05) is 0 Å². The van der Waals surface area contributed by atoms with Gasteiger partial charge in [-0.25, -0.2) is 12.8 Å². The molecule has 0 saturated carbocycles. The number of sulfone groups is 1. The van der Waals surface area contributed by atoms with Crippen molar-refractivity contribution in [1.82, 2.24) is 0 Å². The van der Waals surface area contributed by atoms with Gasteiger partial charge in [0.2, 0.25) is 0 Å². The SMILES string of the molecule is CS(=O)(=O)Cc1cc(C(=O)[O-])c(C(F)(F)C(F)(F)F)cc1F. The van der Waals surface area contributed by atoms with Gasteiger partial charge in [0.15, 0.2) is 9.84 Å². The summed E-state index contributed by atoms with van der Waals surface area (Å²) in [5.74, 6) is -10.8. The summed E-state index contributed by atoms with van der Waals surface area (Å²) in [5, 5.41) is 10.7. The Labute approximate surface area is 120 Å². The summed E-state index contributed by atoms with van der Waals surface area (Å²) in [6.45, 7) is 0. The molecule has 11 heteroatoms. The van der Waals surface area contributed by atoms with Crippen molar-refractivity contribution in [3.8, 4) is 0 Å². The molecule has 22 heavy (non-hydrogen) atoms. The Morgan fingerprint density at radius 1 is 1.18 bits per heavy atom. The quantitative estimate of drug-likeness (QED) is 0.770. The van der Waals surface area contributed by atoms with Gasteiger partial charge in [-0.2, -0.15) is 22.0 Å². The second kappa shape index (κ2) is 5.45. The highest BCUT2D eigenvalue weighted by Crippen LogP contribution is 2.45. The average Bonchev–Trinajstić information content (AvgIpc) is 2.27. The van der Waals surface area contributed by atoms with Gasteiger partial charge in [0.1, 0.15) is 5.82 Å². The van der Waals surface area contributed by atoms with Gasteiger partial charge in [0.25, 0.3) is 0 Å². The average molecular weight is 349 g/mol. The Hall–Kier alpha value is -1.78. The molecule has 0 aliphatic heterocycles. The van der Waals surface area contributed by atoms with Gasteiger partial charge in [-0.3, -0.25) is 0 Å². The molecule has 0 bridgehead atoms. The molecular weight excluding hydrogens is 342 g/mol. The minimum absolute atomic E-state index is 0.0979. The lowest BCUT2D eigenvalue weighted by Gasteiger charge is -2.23. The minimum atomic E-state index is -6.16. The van der Waals surface area contributed by atoms with E-state index in [0.29, 0.717) is 6.26 Å². The molecule has 0 heterocycles. The molecule has 124 valence electrons. The fourth-order valence-electron chi connectivity index (χ4n) is 1.59. The van der Waals surface area contributed by atoms with Crippen LogP contribution < -0.4 is 5.11 Å². The van der Waals surface area contributed by atoms with Crippen LogP contribution in [0.25, 0.3) is 0 Å². The maximum absolute atomic E-state index is 13.6. The predicted molar refractivity (Wildman–Crippen MR) is 59.2 cm³/mol. The monoisotopic (exact) mass is 349 g/mol. The zero-order valence-corrected chi connectivity index (χ0v) is 11.5. The number of alkyl halides is 5. The van der Waals surface area contributed by atoms with Crippen molar-refractivity contribution in [2.45, 2.75) is 17.9 Å². The Bertz CT molecular complexity index is 708. The van der Waals surface area contributed by atoms with Crippen molar-refractivity contribution in [2.75, 3.05) is 6.26 Å². The van der Waals surface area contributed by atoms with Gasteiger partial charge in [0, 0.05) is 22.9 Å². The number of hydrogen-bond acceptors (Lipinski definition) is 4. The summed E-state index contributed by atoms with van der Waals surface area (Å²) < 4.78 is 98.9. The van der Waals surface area contributed by atoms with Crippen molar-refractivity contribution in [3.05, 3.63) is 34.6 Å². The van der Waals surface area contributed by atoms with E-state index in [0.717, 1.165) is 0 Å². The molecule has 1 aromatic rings. The van der Waals surface area contributed by atoms with Crippen LogP contribution >= 0.6 is 0 Å². The number of carboxylic acids is 1. The van der Waals surface area contributed by atoms with Crippen molar-refractivity contribution in [2.24, 2.45) is 0 Å². The predicted octanol–water partition coefficient (Wildman–Crippen LogP) is 1.39. The Kier molecular flexibility index (Phi) is 4.52. The lowest BCUT2D eigenvalue weighted by molar-refractivity contribution is -0.290. The van der Waals surface area contributed by atoms with E-state index in [1.807, 2.05) is 0 Å². The van der Waals surface area contributed by atoms with E-state index in [1.165, 1.54) is 0 Å². The van der Waals surface area contributed by atoms with E-state index in [9.17, 15) is 44.7 Å². The maximum Gasteiger partial charge on any atom is 0.458 e. The largest absolute Gasteiger partial charge is 0.545 e. The van der Waals surface area contributed by atoms with Crippen LogP contribution in [0.3, 0.4) is 0 Å². The van der Waals surface area contributed by atoms with Crippen LogP contribution in [0.4, 0.5) is 26.3 Å². The first-order valence-electron chi connectivity index (χ1n) is 5.33. The molecule has 0 fully saturated rings. The molecule has 0 amide bonds. The van der Waals surface area contributed by atoms with E-state index in [2.05, 4.69) is 0 Å². The summed E-state index contributed by atoms with van der Waals surface area (Å²) in [4.78, 5) is 10.7. The highest BCUT2D eigenvalue weighted by atomic mass is 32.2. The number of carboxylic acid groups (broad SMARTS) is 1. The van der Waals surface area contributed by atoms with Gasteiger partial charge in [-0.05, 0) is 12.1 Å². The highest BCUT2D eigenvalue weighted by Gasteiger charge is 2.59. The lowest BCUT2D eigenvalue weighted by Crippen LogP contribution is -2.37. The van der Waals surface area contributed by atoms with Crippen LogP contribution in [0, 0.1) is 5.82 Å². The van der Waals surface area contributed by atoms with E-state index in [4.69, 9.17) is 0 Å². The molecule has 0 spiro atoms. The minimum Gasteiger partial charge on any atom is -0.545 e. The normalized spacial score (nSPS) is 13.2. The number of carbonyl (C=O) groups excluding carboxylic acids is 1. The van der Waals surface area contributed by atoms with Crippen LogP contribution in [0.1, 0.15) is 21.5 Å². The Morgan fingerprint density at radius 2 is 1.68 bits per heavy atom. The highest BCUT2D eigenvalue weighted by molar-refractivity contribution is 7.89. The molecule has 1 rings (SSSR count). The van der Waals surface area contributed by atoms with Crippen LogP contribution in [-0.4, -0.2) is 26.8 Å². The van der Waals surface area contributed by atoms with Crippen molar-refractivity contribution >= 4 is 15.8 Å². The maximum atomic E-state index is 13.6. The molecule has 4 nitrogen and oxygen atoms in total. The third-order valence-electron chi connectivity index (χ3n) is 2.52. The van der Waals surface area contributed by atoms with Crippen LogP contribution in [0.5, 0.6) is 0 Å². The second-order valence-corrected chi connectivity index (χ2v) is 6.56. The summed E-state index contributed by atoms with van der Waals surface area (Å²) in [7, 11) is -3.88. The Balaban J connectivity index is 3.62. The molecule has 0 unspecified atom stereocenters. The Morgan fingerprint density at radius 3 is 2.05 bits per heavy atom. The number of benzene rings is 1. The summed E-state index contributed by atoms with van der Waals surface area (Å²) in [6.07, 6.45) is -5.52. The number of rotatable bonds is 4. The first-order chi connectivity index (χ1) is 9.67. The number of aromatic carboxylic acids is 1. The van der Waals surface area contributed by atoms with Gasteiger partial charge < -0.3 is 9.90 Å². The van der Waals surface area contributed by atoms with Crippen molar-refractivity contribution in [1.29, 1.82) is 0 Å². The van der Waals surface area contributed by atoms with Gasteiger partial charge >= 0.3 is 12.1 Å². The molecule has 0 radical (unpaired) electrons. The standard InChI is InChI=1S/C11H8F6O4S/c1-22(20,21)4-5-2-6(9(18)19)7(3-8(5)12)10(13,14)11(15,16)17/h2-3H,4H2,1H3,(H,18,19)/p-1. The smallest absolute Gasteiger partial charge is 0.458 e.